The van der Waals surface area contributed by atoms with Gasteiger partial charge in [0.05, 0.1) is 48.8 Å². The molecule has 0 saturated carbocycles. The van der Waals surface area contributed by atoms with Crippen LogP contribution >= 0.6 is 11.3 Å². The number of methoxy groups -OCH3 is 3. The third kappa shape index (κ3) is 4.24. The van der Waals surface area contributed by atoms with Gasteiger partial charge < -0.3 is 19.3 Å². The minimum Gasteiger partial charge on any atom is -0.497 e. The van der Waals surface area contributed by atoms with Crippen LogP contribution in [0.4, 0.5) is 4.39 Å². The first-order chi connectivity index (χ1) is 16.9. The van der Waals surface area contributed by atoms with E-state index in [0.717, 1.165) is 15.8 Å². The number of aryl methyl sites for hydroxylation is 1. The van der Waals surface area contributed by atoms with Gasteiger partial charge in [-0.15, -0.1) is 11.3 Å². The monoisotopic (exact) mass is 491 g/mol. The number of aliphatic hydroxyl groups is 1. The molecule has 0 saturated heterocycles. The first kappa shape index (κ1) is 22.9. The van der Waals surface area contributed by atoms with Crippen molar-refractivity contribution < 1.29 is 23.7 Å². The number of rotatable bonds is 6. The van der Waals surface area contributed by atoms with Gasteiger partial charge in [0, 0.05) is 17.2 Å². The fraction of sp³-hybridized carbons (Fsp3) is 0.192. The summed E-state index contributed by atoms with van der Waals surface area (Å²) in [6.45, 7) is 1.98. The van der Waals surface area contributed by atoms with Crippen LogP contribution in [0.25, 0.3) is 31.8 Å². The number of hydrogen-bond donors (Lipinski definition) is 1. The molecule has 2 aromatic heterocycles. The minimum atomic E-state index is -1.15. The van der Waals surface area contributed by atoms with Gasteiger partial charge in [0.15, 0.2) is 0 Å². The summed E-state index contributed by atoms with van der Waals surface area (Å²) in [4.78, 5) is 14.0. The highest BCUT2D eigenvalue weighted by molar-refractivity contribution is 7.21. The molecule has 0 aliphatic rings. The van der Waals surface area contributed by atoms with E-state index in [1.165, 1.54) is 30.6 Å². The van der Waals surface area contributed by atoms with Crippen LogP contribution in [0.15, 0.2) is 48.7 Å². The van der Waals surface area contributed by atoms with Gasteiger partial charge in [0.2, 0.25) is 5.88 Å². The van der Waals surface area contributed by atoms with Gasteiger partial charge in [-0.05, 0) is 54.4 Å². The smallest absolute Gasteiger partial charge is 0.232 e. The Balaban J connectivity index is 1.70. The predicted octanol–water partition coefficient (Wildman–Crippen LogP) is 5.46. The van der Waals surface area contributed by atoms with E-state index in [0.29, 0.717) is 50.1 Å². The molecule has 2 heterocycles. The van der Waals surface area contributed by atoms with Crippen LogP contribution in [-0.4, -0.2) is 41.4 Å². The van der Waals surface area contributed by atoms with E-state index in [1.54, 1.807) is 32.5 Å². The quantitative estimate of drug-likeness (QED) is 0.337. The first-order valence-electron chi connectivity index (χ1n) is 10.7. The molecule has 0 spiro atoms. The molecule has 1 unspecified atom stereocenters. The van der Waals surface area contributed by atoms with Crippen LogP contribution in [0, 0.1) is 12.7 Å². The minimum absolute atomic E-state index is 0.317. The summed E-state index contributed by atoms with van der Waals surface area (Å²) < 4.78 is 30.9. The molecule has 5 aromatic rings. The Morgan fingerprint density at radius 2 is 1.66 bits per heavy atom. The third-order valence-electron chi connectivity index (χ3n) is 5.68. The maximum absolute atomic E-state index is 14.2. The first-order valence-corrected chi connectivity index (χ1v) is 11.5. The second-order valence-electron chi connectivity index (χ2n) is 8.00. The largest absolute Gasteiger partial charge is 0.497 e. The fourth-order valence-corrected chi connectivity index (χ4v) is 5.07. The fourth-order valence-electron chi connectivity index (χ4n) is 4.02. The van der Waals surface area contributed by atoms with Gasteiger partial charge in [0.1, 0.15) is 28.4 Å². The molecule has 1 atom stereocenters. The van der Waals surface area contributed by atoms with Crippen molar-refractivity contribution in [1.82, 2.24) is 15.0 Å². The number of nitrogens with zero attached hydrogens (tertiary/aromatic N) is 3. The highest BCUT2D eigenvalue weighted by atomic mass is 32.1. The predicted molar refractivity (Wildman–Crippen MR) is 133 cm³/mol. The van der Waals surface area contributed by atoms with Crippen LogP contribution in [-0.2, 0) is 0 Å². The molecular weight excluding hydrogens is 469 g/mol. The number of aromatic nitrogens is 3. The van der Waals surface area contributed by atoms with Crippen LogP contribution in [0.3, 0.4) is 0 Å². The van der Waals surface area contributed by atoms with Crippen molar-refractivity contribution in [2.45, 2.75) is 13.0 Å². The topological polar surface area (TPSA) is 86.6 Å². The number of benzene rings is 3. The molecule has 0 bridgehead atoms. The summed E-state index contributed by atoms with van der Waals surface area (Å²) in [7, 11) is 4.56. The maximum atomic E-state index is 14.2. The number of halogens is 1. The molecule has 0 aliphatic heterocycles. The molecule has 0 fully saturated rings. The molecule has 0 aliphatic carbocycles. The zero-order valence-electron chi connectivity index (χ0n) is 19.5. The summed E-state index contributed by atoms with van der Waals surface area (Å²) >= 11 is 1.45. The molecule has 7 nitrogen and oxygen atoms in total. The normalized spacial score (nSPS) is 12.2. The highest BCUT2D eigenvalue weighted by Crippen LogP contribution is 2.40. The van der Waals surface area contributed by atoms with E-state index in [1.807, 2.05) is 25.1 Å². The zero-order valence-corrected chi connectivity index (χ0v) is 20.3. The van der Waals surface area contributed by atoms with E-state index >= 15 is 0 Å². The van der Waals surface area contributed by atoms with Crippen molar-refractivity contribution in [1.29, 1.82) is 0 Å². The lowest BCUT2D eigenvalue weighted by Crippen LogP contribution is -2.03. The molecule has 5 rings (SSSR count). The molecule has 178 valence electrons. The van der Waals surface area contributed by atoms with Crippen molar-refractivity contribution in [2.75, 3.05) is 21.3 Å². The molecule has 0 radical (unpaired) electrons. The summed E-state index contributed by atoms with van der Waals surface area (Å²) in [5.74, 6) is 0.803. The highest BCUT2D eigenvalue weighted by Gasteiger charge is 2.21. The summed E-state index contributed by atoms with van der Waals surface area (Å²) in [6, 6.07) is 11.7. The van der Waals surface area contributed by atoms with Crippen LogP contribution in [0.1, 0.15) is 22.8 Å². The Morgan fingerprint density at radius 1 is 0.886 bits per heavy atom. The number of ether oxygens (including phenoxy) is 3. The van der Waals surface area contributed by atoms with Gasteiger partial charge in [-0.1, -0.05) is 0 Å². The lowest BCUT2D eigenvalue weighted by Gasteiger charge is -2.15. The van der Waals surface area contributed by atoms with Crippen LogP contribution in [0.5, 0.6) is 17.4 Å². The molecule has 35 heavy (non-hydrogen) atoms. The van der Waals surface area contributed by atoms with Crippen LogP contribution in [0.2, 0.25) is 0 Å². The number of aliphatic hydroxyl groups excluding tert-OH is 1. The third-order valence-corrected chi connectivity index (χ3v) is 6.72. The van der Waals surface area contributed by atoms with Crippen molar-refractivity contribution >= 4 is 32.6 Å². The van der Waals surface area contributed by atoms with Crippen molar-refractivity contribution in [3.05, 3.63) is 71.2 Å². The Labute approximate surface area is 204 Å². The lowest BCUT2D eigenvalue weighted by molar-refractivity contribution is 0.220. The van der Waals surface area contributed by atoms with E-state index in [9.17, 15) is 9.50 Å². The molecule has 9 heteroatoms. The number of hydrogen-bond acceptors (Lipinski definition) is 8. The van der Waals surface area contributed by atoms with E-state index in [2.05, 4.69) is 9.97 Å². The average molecular weight is 492 g/mol. The van der Waals surface area contributed by atoms with Crippen molar-refractivity contribution in [2.24, 2.45) is 0 Å². The van der Waals surface area contributed by atoms with Gasteiger partial charge >= 0.3 is 0 Å². The second-order valence-corrected chi connectivity index (χ2v) is 9.03. The summed E-state index contributed by atoms with van der Waals surface area (Å²) in [5, 5.41) is 12.0. The number of fused-ring (bicyclic) bond motifs is 2. The van der Waals surface area contributed by atoms with E-state index in [-0.39, 0.29) is 0 Å². The van der Waals surface area contributed by atoms with Crippen molar-refractivity contribution in [3.8, 4) is 28.0 Å². The Hall–Kier alpha value is -3.82. The van der Waals surface area contributed by atoms with Gasteiger partial charge in [-0.2, -0.15) is 0 Å². The Kier molecular flexibility index (Phi) is 5.96. The zero-order chi connectivity index (χ0) is 24.7. The summed E-state index contributed by atoms with van der Waals surface area (Å²) in [5.41, 5.74) is 4.66. The average Bonchev–Trinajstić information content (AvgIpc) is 3.30. The molecule has 3 aromatic carbocycles. The van der Waals surface area contributed by atoms with E-state index < -0.39 is 11.9 Å². The molecule has 0 amide bonds. The van der Waals surface area contributed by atoms with Gasteiger partial charge in [-0.3, -0.25) is 0 Å². The lowest BCUT2D eigenvalue weighted by atomic mass is 9.99. The van der Waals surface area contributed by atoms with E-state index in [4.69, 9.17) is 19.2 Å². The molecular formula is C26H22FN3O4S. The van der Waals surface area contributed by atoms with Gasteiger partial charge in [0.25, 0.3) is 0 Å². The second kappa shape index (κ2) is 9.09. The van der Waals surface area contributed by atoms with Crippen LogP contribution < -0.4 is 14.2 Å². The summed E-state index contributed by atoms with van der Waals surface area (Å²) in [6.07, 6.45) is 0.426. The maximum Gasteiger partial charge on any atom is 0.232 e. The number of thiazole rings is 1. The standard InChI is InChI=1S/C26H22FN3O4S/c1-13-5-19(23-20(6-13)29-22(34-4)12-28-23)26-30-24-18(10-17(33-3)11-21(24)35-26)25(31)14-7-15(27)9-16(8-14)32-2/h5-12,25,31H,1-4H3. The van der Waals surface area contributed by atoms with Crippen molar-refractivity contribution in [3.63, 3.8) is 0 Å². The Morgan fingerprint density at radius 3 is 2.40 bits per heavy atom. The van der Waals surface area contributed by atoms with Gasteiger partial charge in [-0.25, -0.2) is 19.3 Å². The molecule has 1 N–H and O–H groups in total. The SMILES string of the molecule is COc1cc(F)cc(C(O)c2cc(OC)cc3sc(-c4cc(C)cc5nc(OC)cnc45)nc23)c1. The Bertz CT molecular complexity index is 1570.